The molecule has 1 aromatic carbocycles. The lowest BCUT2D eigenvalue weighted by Crippen LogP contribution is -2.42. The second-order valence-electron chi connectivity index (χ2n) is 5.53. The number of hydrazone groups is 1. The monoisotopic (exact) mass is 373 g/mol. The molecular formula is C18H19N3O4S. The molecule has 2 aromatic rings. The van der Waals surface area contributed by atoms with E-state index in [1.54, 1.807) is 41.4 Å². The van der Waals surface area contributed by atoms with Crippen LogP contribution in [0.2, 0.25) is 0 Å². The van der Waals surface area contributed by atoms with E-state index in [4.69, 9.17) is 9.47 Å². The van der Waals surface area contributed by atoms with Gasteiger partial charge in [0.2, 0.25) is 0 Å². The largest absolute Gasteiger partial charge is 0.484 e. The summed E-state index contributed by atoms with van der Waals surface area (Å²) in [7, 11) is 0. The van der Waals surface area contributed by atoms with Gasteiger partial charge in [-0.2, -0.15) is 5.10 Å². The highest BCUT2D eigenvalue weighted by Crippen LogP contribution is 2.12. The molecule has 1 fully saturated rings. The molecule has 1 aliphatic heterocycles. The Hall–Kier alpha value is -2.71. The van der Waals surface area contributed by atoms with Crippen LogP contribution >= 0.6 is 11.3 Å². The zero-order valence-electron chi connectivity index (χ0n) is 14.1. The van der Waals surface area contributed by atoms with Crippen LogP contribution in [0.5, 0.6) is 5.75 Å². The minimum Gasteiger partial charge on any atom is -0.484 e. The van der Waals surface area contributed by atoms with E-state index in [2.05, 4.69) is 10.5 Å². The molecule has 1 aromatic heterocycles. The number of morpholine rings is 1. The Morgan fingerprint density at radius 1 is 1.23 bits per heavy atom. The van der Waals surface area contributed by atoms with Crippen LogP contribution in [0.15, 0.2) is 46.9 Å². The van der Waals surface area contributed by atoms with Gasteiger partial charge in [-0.3, -0.25) is 9.59 Å². The van der Waals surface area contributed by atoms with E-state index < -0.39 is 0 Å². The van der Waals surface area contributed by atoms with Crippen LogP contribution < -0.4 is 10.2 Å². The number of carbonyl (C=O) groups excluding carboxylic acids is 2. The number of hydrogen-bond donors (Lipinski definition) is 1. The maximum Gasteiger partial charge on any atom is 0.281 e. The predicted molar refractivity (Wildman–Crippen MR) is 98.7 cm³/mol. The zero-order valence-corrected chi connectivity index (χ0v) is 14.9. The van der Waals surface area contributed by atoms with E-state index in [0.717, 1.165) is 5.56 Å². The van der Waals surface area contributed by atoms with Crippen molar-refractivity contribution in [2.75, 3.05) is 32.9 Å². The highest BCUT2D eigenvalue weighted by molar-refractivity contribution is 7.12. The first-order valence-corrected chi connectivity index (χ1v) is 9.05. The van der Waals surface area contributed by atoms with Crippen molar-refractivity contribution in [1.82, 2.24) is 10.3 Å². The van der Waals surface area contributed by atoms with Crippen molar-refractivity contribution in [3.8, 4) is 5.75 Å². The Balaban J connectivity index is 1.45. The minimum absolute atomic E-state index is 0.00427. The fourth-order valence-corrected chi connectivity index (χ4v) is 2.94. The second kappa shape index (κ2) is 9.12. The summed E-state index contributed by atoms with van der Waals surface area (Å²) >= 11 is 1.36. The molecule has 2 amide bonds. The van der Waals surface area contributed by atoms with Gasteiger partial charge in [-0.15, -0.1) is 11.3 Å². The number of nitrogens with one attached hydrogen (secondary N) is 1. The quantitative estimate of drug-likeness (QED) is 0.618. The average molecular weight is 373 g/mol. The molecule has 0 radical (unpaired) electrons. The van der Waals surface area contributed by atoms with Crippen molar-refractivity contribution in [3.05, 3.63) is 52.2 Å². The molecule has 0 atom stereocenters. The summed E-state index contributed by atoms with van der Waals surface area (Å²) in [5.74, 6) is 0.319. The number of nitrogens with zero attached hydrogens (tertiary/aromatic N) is 2. The van der Waals surface area contributed by atoms with Gasteiger partial charge >= 0.3 is 0 Å². The van der Waals surface area contributed by atoms with Crippen LogP contribution in [-0.4, -0.2) is 55.8 Å². The molecule has 1 saturated heterocycles. The van der Waals surface area contributed by atoms with Crippen molar-refractivity contribution in [3.63, 3.8) is 0 Å². The number of thiophene rings is 1. The smallest absolute Gasteiger partial charge is 0.281 e. The topological polar surface area (TPSA) is 80.2 Å². The molecule has 0 saturated carbocycles. The standard InChI is InChI=1S/C18H19N3O4S/c22-17(21-7-9-24-10-8-21)13-25-15-5-3-14(4-6-15)12-19-20-18(23)16-2-1-11-26-16/h1-6,11-12H,7-10,13H2,(H,20,23). The number of rotatable bonds is 6. The van der Waals surface area contributed by atoms with Crippen LogP contribution in [0, 0.1) is 0 Å². The molecule has 2 heterocycles. The third-order valence-corrected chi connectivity index (χ3v) is 4.60. The molecule has 0 spiro atoms. The number of ether oxygens (including phenoxy) is 2. The molecule has 8 heteroatoms. The van der Waals surface area contributed by atoms with E-state index in [1.165, 1.54) is 11.3 Å². The maximum absolute atomic E-state index is 12.0. The van der Waals surface area contributed by atoms with Gasteiger partial charge in [0.1, 0.15) is 5.75 Å². The van der Waals surface area contributed by atoms with Crippen LogP contribution in [-0.2, 0) is 9.53 Å². The highest BCUT2D eigenvalue weighted by Gasteiger charge is 2.16. The lowest BCUT2D eigenvalue weighted by atomic mass is 10.2. The van der Waals surface area contributed by atoms with Crippen molar-refractivity contribution < 1.29 is 19.1 Å². The molecule has 0 aliphatic carbocycles. The SMILES string of the molecule is O=C(NN=Cc1ccc(OCC(=O)N2CCOCC2)cc1)c1cccs1. The molecule has 7 nitrogen and oxygen atoms in total. The molecule has 0 unspecified atom stereocenters. The van der Waals surface area contributed by atoms with Crippen LogP contribution in [0.3, 0.4) is 0 Å². The van der Waals surface area contributed by atoms with E-state index in [9.17, 15) is 9.59 Å². The normalized spacial score (nSPS) is 14.4. The molecule has 3 rings (SSSR count). The first-order valence-electron chi connectivity index (χ1n) is 8.18. The summed E-state index contributed by atoms with van der Waals surface area (Å²) in [4.78, 5) is 26.1. The van der Waals surface area contributed by atoms with E-state index >= 15 is 0 Å². The summed E-state index contributed by atoms with van der Waals surface area (Å²) in [6.07, 6.45) is 1.55. The number of amides is 2. The molecule has 0 bridgehead atoms. The summed E-state index contributed by atoms with van der Waals surface area (Å²) < 4.78 is 10.7. The van der Waals surface area contributed by atoms with Crippen molar-refractivity contribution in [2.45, 2.75) is 0 Å². The van der Waals surface area contributed by atoms with Gasteiger partial charge in [0, 0.05) is 13.1 Å². The Bertz CT molecular complexity index is 753. The van der Waals surface area contributed by atoms with Gasteiger partial charge in [-0.05, 0) is 41.3 Å². The van der Waals surface area contributed by atoms with Crippen LogP contribution in [0.1, 0.15) is 15.2 Å². The van der Waals surface area contributed by atoms with Gasteiger partial charge in [-0.1, -0.05) is 6.07 Å². The molecule has 26 heavy (non-hydrogen) atoms. The second-order valence-corrected chi connectivity index (χ2v) is 6.47. The molecular weight excluding hydrogens is 354 g/mol. The van der Waals surface area contributed by atoms with E-state index in [1.807, 2.05) is 11.4 Å². The number of benzene rings is 1. The van der Waals surface area contributed by atoms with E-state index in [-0.39, 0.29) is 18.4 Å². The van der Waals surface area contributed by atoms with Gasteiger partial charge in [-0.25, -0.2) is 5.43 Å². The van der Waals surface area contributed by atoms with Crippen molar-refractivity contribution in [1.29, 1.82) is 0 Å². The lowest BCUT2D eigenvalue weighted by molar-refractivity contribution is -0.137. The van der Waals surface area contributed by atoms with Crippen molar-refractivity contribution in [2.24, 2.45) is 5.10 Å². The summed E-state index contributed by atoms with van der Waals surface area (Å²) in [6, 6.07) is 10.7. The third-order valence-electron chi connectivity index (χ3n) is 3.73. The summed E-state index contributed by atoms with van der Waals surface area (Å²) in [5.41, 5.74) is 3.28. The van der Waals surface area contributed by atoms with Crippen LogP contribution in [0.25, 0.3) is 0 Å². The average Bonchev–Trinajstić information content (AvgIpc) is 3.23. The molecule has 1 aliphatic rings. The van der Waals surface area contributed by atoms with Crippen LogP contribution in [0.4, 0.5) is 0 Å². The third kappa shape index (κ3) is 5.14. The van der Waals surface area contributed by atoms with Gasteiger partial charge in [0.05, 0.1) is 24.3 Å². The fraction of sp³-hybridized carbons (Fsp3) is 0.278. The minimum atomic E-state index is -0.238. The number of hydrogen-bond acceptors (Lipinski definition) is 6. The summed E-state index contributed by atoms with van der Waals surface area (Å²) in [6.45, 7) is 2.36. The number of carbonyl (C=O) groups is 2. The first-order chi connectivity index (χ1) is 12.7. The Morgan fingerprint density at radius 3 is 2.69 bits per heavy atom. The molecule has 136 valence electrons. The maximum atomic E-state index is 12.0. The Morgan fingerprint density at radius 2 is 2.00 bits per heavy atom. The van der Waals surface area contributed by atoms with Crippen molar-refractivity contribution >= 4 is 29.4 Å². The predicted octanol–water partition coefficient (Wildman–Crippen LogP) is 1.75. The first kappa shape index (κ1) is 18.1. The summed E-state index contributed by atoms with van der Waals surface area (Å²) in [5, 5.41) is 5.77. The highest BCUT2D eigenvalue weighted by atomic mass is 32.1. The lowest BCUT2D eigenvalue weighted by Gasteiger charge is -2.26. The Kier molecular flexibility index (Phi) is 6.34. The van der Waals surface area contributed by atoms with E-state index in [0.29, 0.717) is 36.9 Å². The fourth-order valence-electron chi connectivity index (χ4n) is 2.33. The zero-order chi connectivity index (χ0) is 18.2. The Labute approximate surface area is 155 Å². The van der Waals surface area contributed by atoms with Gasteiger partial charge in [0.25, 0.3) is 11.8 Å². The van der Waals surface area contributed by atoms with Gasteiger partial charge in [0.15, 0.2) is 6.61 Å². The molecule has 1 N–H and O–H groups in total. The van der Waals surface area contributed by atoms with Gasteiger partial charge < -0.3 is 14.4 Å².